The molecule has 0 atom stereocenters. The maximum atomic E-state index is 13.4. The second kappa shape index (κ2) is 12.7. The van der Waals surface area contributed by atoms with Gasteiger partial charge in [0.2, 0.25) is 0 Å². The van der Waals surface area contributed by atoms with Crippen LogP contribution in [0.4, 0.5) is 0 Å². The quantitative estimate of drug-likeness (QED) is 0.162. The van der Waals surface area contributed by atoms with Crippen molar-refractivity contribution in [2.24, 2.45) is 0 Å². The lowest BCUT2D eigenvalue weighted by Crippen LogP contribution is -2.27. The van der Waals surface area contributed by atoms with Crippen LogP contribution in [0.25, 0.3) is 5.69 Å². The standard InChI is InChI=1S/C30H27ClN6OS/c1-21-13-14-24(19-26(21)31)37-27(20-39-30-33-16-8-17-34-30)28(35-36-37)29(38)32-18-15-25(22-9-4-2-5-10-22)23-11-6-3-7-12-23/h2-14,16-17,19,25H,15,18,20H2,1H3,(H,32,38). The van der Waals surface area contributed by atoms with Crippen LogP contribution in [-0.4, -0.2) is 37.4 Å². The molecule has 0 unspecified atom stereocenters. The Hall–Kier alpha value is -4.01. The number of amides is 1. The first-order chi connectivity index (χ1) is 19.1. The highest BCUT2D eigenvalue weighted by atomic mass is 35.5. The van der Waals surface area contributed by atoms with Crippen molar-refractivity contribution in [2.45, 2.75) is 30.2 Å². The molecule has 5 aromatic rings. The van der Waals surface area contributed by atoms with Gasteiger partial charge >= 0.3 is 0 Å². The number of halogens is 1. The molecule has 2 heterocycles. The molecule has 0 saturated carbocycles. The highest BCUT2D eigenvalue weighted by Gasteiger charge is 2.22. The van der Waals surface area contributed by atoms with E-state index in [9.17, 15) is 4.79 Å². The molecule has 9 heteroatoms. The van der Waals surface area contributed by atoms with Crippen LogP contribution in [-0.2, 0) is 5.75 Å². The number of carbonyl (C=O) groups excluding carboxylic acids is 1. The zero-order valence-corrected chi connectivity index (χ0v) is 22.9. The third-order valence-electron chi connectivity index (χ3n) is 6.38. The Bertz CT molecular complexity index is 1490. The Morgan fingerprint density at radius 1 is 0.949 bits per heavy atom. The molecule has 0 saturated heterocycles. The number of benzene rings is 3. The molecular formula is C30H27ClN6OS. The fourth-order valence-corrected chi connectivity index (χ4v) is 5.30. The highest BCUT2D eigenvalue weighted by Crippen LogP contribution is 2.28. The van der Waals surface area contributed by atoms with E-state index in [1.54, 1.807) is 23.1 Å². The van der Waals surface area contributed by atoms with Gasteiger partial charge in [0.05, 0.1) is 11.4 Å². The molecule has 1 N–H and O–H groups in total. The number of nitrogens with zero attached hydrogens (tertiary/aromatic N) is 5. The number of aromatic nitrogens is 5. The van der Waals surface area contributed by atoms with Crippen LogP contribution >= 0.6 is 23.4 Å². The SMILES string of the molecule is Cc1ccc(-n2nnc(C(=O)NCCC(c3ccccc3)c3ccccc3)c2CSc2ncccn2)cc1Cl. The summed E-state index contributed by atoms with van der Waals surface area (Å²) in [6, 6.07) is 28.1. The fourth-order valence-electron chi connectivity index (χ4n) is 4.33. The molecule has 0 aliphatic heterocycles. The van der Waals surface area contributed by atoms with Gasteiger partial charge in [-0.15, -0.1) is 5.10 Å². The molecule has 0 bridgehead atoms. The van der Waals surface area contributed by atoms with E-state index in [1.807, 2.05) is 61.5 Å². The first-order valence-corrected chi connectivity index (χ1v) is 14.0. The average molecular weight is 555 g/mol. The monoisotopic (exact) mass is 554 g/mol. The summed E-state index contributed by atoms with van der Waals surface area (Å²) in [5.74, 6) is 0.286. The van der Waals surface area contributed by atoms with E-state index in [0.29, 0.717) is 28.2 Å². The van der Waals surface area contributed by atoms with Gasteiger partial charge in [-0.2, -0.15) is 0 Å². The molecule has 7 nitrogen and oxygen atoms in total. The summed E-state index contributed by atoms with van der Waals surface area (Å²) in [6.45, 7) is 2.42. The average Bonchev–Trinajstić information content (AvgIpc) is 3.41. The van der Waals surface area contributed by atoms with E-state index in [-0.39, 0.29) is 17.5 Å². The smallest absolute Gasteiger partial charge is 0.273 e. The van der Waals surface area contributed by atoms with Gasteiger partial charge in [-0.1, -0.05) is 95.3 Å². The number of thioether (sulfide) groups is 1. The van der Waals surface area contributed by atoms with Crippen molar-refractivity contribution in [3.8, 4) is 5.69 Å². The second-order valence-corrected chi connectivity index (χ2v) is 10.3. The molecule has 1 amide bonds. The molecule has 0 aliphatic carbocycles. The zero-order chi connectivity index (χ0) is 27.0. The van der Waals surface area contributed by atoms with Gasteiger partial charge < -0.3 is 5.32 Å². The molecule has 0 radical (unpaired) electrons. The van der Waals surface area contributed by atoms with E-state index < -0.39 is 0 Å². The van der Waals surface area contributed by atoms with Crippen molar-refractivity contribution in [3.63, 3.8) is 0 Å². The summed E-state index contributed by atoms with van der Waals surface area (Å²) in [5.41, 5.74) is 5.02. The molecule has 5 rings (SSSR count). The Morgan fingerprint density at radius 2 is 1.62 bits per heavy atom. The van der Waals surface area contributed by atoms with Crippen molar-refractivity contribution in [3.05, 3.63) is 130 Å². The number of nitrogens with one attached hydrogen (secondary N) is 1. The van der Waals surface area contributed by atoms with Gasteiger partial charge in [0.15, 0.2) is 10.9 Å². The van der Waals surface area contributed by atoms with Gasteiger partial charge in [-0.3, -0.25) is 4.79 Å². The molecule has 196 valence electrons. The maximum Gasteiger partial charge on any atom is 0.273 e. The van der Waals surface area contributed by atoms with Crippen LogP contribution in [0.5, 0.6) is 0 Å². The molecule has 3 aromatic carbocycles. The van der Waals surface area contributed by atoms with E-state index in [0.717, 1.165) is 17.7 Å². The minimum atomic E-state index is -0.274. The lowest BCUT2D eigenvalue weighted by atomic mass is 9.88. The van der Waals surface area contributed by atoms with Crippen molar-refractivity contribution in [1.29, 1.82) is 0 Å². The predicted octanol–water partition coefficient (Wildman–Crippen LogP) is 6.26. The van der Waals surface area contributed by atoms with Crippen LogP contribution < -0.4 is 5.32 Å². The van der Waals surface area contributed by atoms with Crippen LogP contribution in [0, 0.1) is 6.92 Å². The van der Waals surface area contributed by atoms with Gasteiger partial charge in [-0.05, 0) is 48.2 Å². The van der Waals surface area contributed by atoms with Crippen molar-refractivity contribution >= 4 is 29.3 Å². The summed E-state index contributed by atoms with van der Waals surface area (Å²) < 4.78 is 1.66. The third-order valence-corrected chi connectivity index (χ3v) is 7.67. The number of aryl methyl sites for hydroxylation is 1. The lowest BCUT2D eigenvalue weighted by Gasteiger charge is -2.18. The molecular weight excluding hydrogens is 528 g/mol. The Labute approximate surface area is 236 Å². The van der Waals surface area contributed by atoms with Gasteiger partial charge in [-0.25, -0.2) is 14.6 Å². The number of rotatable bonds is 10. The minimum Gasteiger partial charge on any atom is -0.351 e. The van der Waals surface area contributed by atoms with Gasteiger partial charge in [0.25, 0.3) is 5.91 Å². The predicted molar refractivity (Wildman–Crippen MR) is 154 cm³/mol. The van der Waals surface area contributed by atoms with E-state index >= 15 is 0 Å². The number of hydrogen-bond donors (Lipinski definition) is 1. The summed E-state index contributed by atoms with van der Waals surface area (Å²) in [5, 5.41) is 12.9. The summed E-state index contributed by atoms with van der Waals surface area (Å²) in [7, 11) is 0. The van der Waals surface area contributed by atoms with Gasteiger partial charge in [0, 0.05) is 35.6 Å². The number of carbonyl (C=O) groups is 1. The normalized spacial score (nSPS) is 11.1. The molecule has 39 heavy (non-hydrogen) atoms. The second-order valence-electron chi connectivity index (χ2n) is 8.97. The van der Waals surface area contributed by atoms with Crippen LogP contribution in [0.15, 0.2) is 102 Å². The Morgan fingerprint density at radius 3 is 2.26 bits per heavy atom. The lowest BCUT2D eigenvalue weighted by molar-refractivity contribution is 0.0947. The van der Waals surface area contributed by atoms with E-state index in [4.69, 9.17) is 11.6 Å². The number of hydrogen-bond acceptors (Lipinski definition) is 6. The maximum absolute atomic E-state index is 13.4. The Kier molecular flexibility index (Phi) is 8.65. The first kappa shape index (κ1) is 26.6. The largest absolute Gasteiger partial charge is 0.351 e. The highest BCUT2D eigenvalue weighted by molar-refractivity contribution is 7.98. The molecule has 0 fully saturated rings. The first-order valence-electron chi connectivity index (χ1n) is 12.6. The fraction of sp³-hybridized carbons (Fsp3) is 0.167. The van der Waals surface area contributed by atoms with Crippen molar-refractivity contribution in [2.75, 3.05) is 6.54 Å². The summed E-state index contributed by atoms with van der Waals surface area (Å²) in [4.78, 5) is 22.0. The van der Waals surface area contributed by atoms with Crippen molar-refractivity contribution < 1.29 is 4.79 Å². The van der Waals surface area contributed by atoms with Crippen LogP contribution in [0.2, 0.25) is 5.02 Å². The van der Waals surface area contributed by atoms with Crippen LogP contribution in [0.3, 0.4) is 0 Å². The summed E-state index contributed by atoms with van der Waals surface area (Å²) in [6.07, 6.45) is 4.12. The van der Waals surface area contributed by atoms with E-state index in [2.05, 4.69) is 49.9 Å². The van der Waals surface area contributed by atoms with E-state index in [1.165, 1.54) is 22.9 Å². The zero-order valence-electron chi connectivity index (χ0n) is 21.4. The van der Waals surface area contributed by atoms with Crippen molar-refractivity contribution in [1.82, 2.24) is 30.3 Å². The molecule has 0 spiro atoms. The third kappa shape index (κ3) is 6.53. The molecule has 2 aromatic heterocycles. The minimum absolute atomic E-state index is 0.156. The van der Waals surface area contributed by atoms with Gasteiger partial charge in [0.1, 0.15) is 0 Å². The topological polar surface area (TPSA) is 85.6 Å². The summed E-state index contributed by atoms with van der Waals surface area (Å²) >= 11 is 7.80. The van der Waals surface area contributed by atoms with Crippen LogP contribution in [0.1, 0.15) is 45.2 Å². The Balaban J connectivity index is 1.36. The molecule has 0 aliphatic rings.